The summed E-state index contributed by atoms with van der Waals surface area (Å²) in [6.45, 7) is 1.91. The van der Waals surface area contributed by atoms with Crippen LogP contribution in [0.1, 0.15) is 15.9 Å². The van der Waals surface area contributed by atoms with Gasteiger partial charge in [-0.25, -0.2) is 0 Å². The standard InChI is InChI=1S/C14H13Cl2N3O/c1-7-2-3-8(15)4-12(7)19-13-10(14(18)20)5-9(17)6-11(13)16/h2-6,19H,17H2,1H3,(H2,18,20). The van der Waals surface area contributed by atoms with Crippen molar-refractivity contribution < 1.29 is 4.79 Å². The maximum atomic E-state index is 11.5. The molecule has 5 N–H and O–H groups in total. The number of hydrogen-bond acceptors (Lipinski definition) is 3. The van der Waals surface area contributed by atoms with Gasteiger partial charge in [-0.3, -0.25) is 4.79 Å². The van der Waals surface area contributed by atoms with Gasteiger partial charge in [0.05, 0.1) is 16.3 Å². The lowest BCUT2D eigenvalue weighted by molar-refractivity contribution is 0.100. The smallest absolute Gasteiger partial charge is 0.250 e. The van der Waals surface area contributed by atoms with Gasteiger partial charge in [0.15, 0.2) is 0 Å². The first-order chi connectivity index (χ1) is 9.38. The van der Waals surface area contributed by atoms with Crippen LogP contribution in [0, 0.1) is 6.92 Å². The maximum Gasteiger partial charge on any atom is 0.250 e. The van der Waals surface area contributed by atoms with Crippen molar-refractivity contribution in [2.75, 3.05) is 11.1 Å². The maximum absolute atomic E-state index is 11.5. The van der Waals surface area contributed by atoms with Crippen LogP contribution < -0.4 is 16.8 Å². The van der Waals surface area contributed by atoms with E-state index in [4.69, 9.17) is 34.7 Å². The molecule has 0 bridgehead atoms. The normalized spacial score (nSPS) is 10.3. The van der Waals surface area contributed by atoms with E-state index >= 15 is 0 Å². The highest BCUT2D eigenvalue weighted by molar-refractivity contribution is 6.34. The lowest BCUT2D eigenvalue weighted by Crippen LogP contribution is -2.14. The number of nitrogen functional groups attached to an aromatic ring is 1. The van der Waals surface area contributed by atoms with Crippen molar-refractivity contribution in [3.63, 3.8) is 0 Å². The molecule has 0 fully saturated rings. The number of rotatable bonds is 3. The summed E-state index contributed by atoms with van der Waals surface area (Å²) < 4.78 is 0. The zero-order valence-corrected chi connectivity index (χ0v) is 12.2. The van der Waals surface area contributed by atoms with Crippen LogP contribution in [0.5, 0.6) is 0 Å². The average molecular weight is 310 g/mol. The third kappa shape index (κ3) is 2.98. The molecule has 0 aliphatic heterocycles. The Labute approximate surface area is 126 Å². The quantitative estimate of drug-likeness (QED) is 0.756. The fraction of sp³-hybridized carbons (Fsp3) is 0.0714. The topological polar surface area (TPSA) is 81.1 Å². The highest BCUT2D eigenvalue weighted by atomic mass is 35.5. The highest BCUT2D eigenvalue weighted by Gasteiger charge is 2.14. The molecule has 0 spiro atoms. The molecule has 6 heteroatoms. The van der Waals surface area contributed by atoms with Crippen LogP contribution in [-0.4, -0.2) is 5.91 Å². The third-order valence-corrected chi connectivity index (χ3v) is 3.37. The molecule has 0 saturated heterocycles. The fourth-order valence-corrected chi connectivity index (χ4v) is 2.26. The Hall–Kier alpha value is -1.91. The molecule has 2 aromatic carbocycles. The summed E-state index contributed by atoms with van der Waals surface area (Å²) in [5.41, 5.74) is 13.7. The third-order valence-electron chi connectivity index (χ3n) is 2.84. The number of nitrogens with one attached hydrogen (secondary N) is 1. The van der Waals surface area contributed by atoms with Gasteiger partial charge in [-0.15, -0.1) is 0 Å². The van der Waals surface area contributed by atoms with E-state index in [0.717, 1.165) is 11.3 Å². The molecular formula is C14H13Cl2N3O. The number of carbonyl (C=O) groups is 1. The number of carbonyl (C=O) groups excluding carboxylic acids is 1. The van der Waals surface area contributed by atoms with Crippen molar-refractivity contribution in [1.82, 2.24) is 0 Å². The number of hydrogen-bond donors (Lipinski definition) is 3. The van der Waals surface area contributed by atoms with Crippen LogP contribution >= 0.6 is 23.2 Å². The molecular weight excluding hydrogens is 297 g/mol. The van der Waals surface area contributed by atoms with Crippen molar-refractivity contribution in [1.29, 1.82) is 0 Å². The Kier molecular flexibility index (Phi) is 4.06. The number of anilines is 3. The number of benzene rings is 2. The van der Waals surface area contributed by atoms with Crippen LogP contribution in [0.2, 0.25) is 10.0 Å². The van der Waals surface area contributed by atoms with Crippen LogP contribution in [0.4, 0.5) is 17.1 Å². The van der Waals surface area contributed by atoms with Gasteiger partial charge < -0.3 is 16.8 Å². The van der Waals surface area contributed by atoms with E-state index in [-0.39, 0.29) is 5.56 Å². The first kappa shape index (κ1) is 14.5. The molecule has 0 saturated carbocycles. The summed E-state index contributed by atoms with van der Waals surface area (Å²) in [4.78, 5) is 11.5. The van der Waals surface area contributed by atoms with Gasteiger partial charge in [-0.2, -0.15) is 0 Å². The second-order valence-electron chi connectivity index (χ2n) is 4.37. The van der Waals surface area contributed by atoms with Crippen LogP contribution in [0.15, 0.2) is 30.3 Å². The van der Waals surface area contributed by atoms with Gasteiger partial charge in [0.2, 0.25) is 0 Å². The summed E-state index contributed by atoms with van der Waals surface area (Å²) in [6.07, 6.45) is 0. The number of halogens is 2. The van der Waals surface area contributed by atoms with Crippen molar-refractivity contribution in [3.8, 4) is 0 Å². The monoisotopic (exact) mass is 309 g/mol. The molecule has 0 radical (unpaired) electrons. The Morgan fingerprint density at radius 3 is 2.55 bits per heavy atom. The van der Waals surface area contributed by atoms with E-state index in [2.05, 4.69) is 5.32 Å². The van der Waals surface area contributed by atoms with Crippen molar-refractivity contribution in [3.05, 3.63) is 51.5 Å². The predicted octanol–water partition coefficient (Wildman–Crippen LogP) is 3.73. The van der Waals surface area contributed by atoms with Gasteiger partial charge in [-0.1, -0.05) is 29.3 Å². The van der Waals surface area contributed by atoms with E-state index in [1.54, 1.807) is 18.2 Å². The summed E-state index contributed by atoms with van der Waals surface area (Å²) in [7, 11) is 0. The SMILES string of the molecule is Cc1ccc(Cl)cc1Nc1c(Cl)cc(N)cc1C(N)=O. The average Bonchev–Trinajstić information content (AvgIpc) is 2.36. The van der Waals surface area contributed by atoms with E-state index < -0.39 is 5.91 Å². The van der Waals surface area contributed by atoms with Crippen molar-refractivity contribution in [2.45, 2.75) is 6.92 Å². The Balaban J connectivity index is 2.53. The minimum atomic E-state index is -0.610. The molecule has 2 aromatic rings. The number of primary amides is 1. The molecule has 0 aromatic heterocycles. The predicted molar refractivity (Wildman–Crippen MR) is 83.9 cm³/mol. The molecule has 0 atom stereocenters. The molecule has 20 heavy (non-hydrogen) atoms. The Morgan fingerprint density at radius 1 is 1.20 bits per heavy atom. The van der Waals surface area contributed by atoms with E-state index in [1.165, 1.54) is 6.07 Å². The first-order valence-electron chi connectivity index (χ1n) is 5.80. The van der Waals surface area contributed by atoms with Gasteiger partial charge in [-0.05, 0) is 36.8 Å². The number of amides is 1. The van der Waals surface area contributed by atoms with E-state index in [1.807, 2.05) is 13.0 Å². The zero-order chi connectivity index (χ0) is 14.9. The Bertz CT molecular complexity index is 686. The molecule has 104 valence electrons. The molecule has 0 heterocycles. The molecule has 4 nitrogen and oxygen atoms in total. The summed E-state index contributed by atoms with van der Waals surface area (Å²) in [6, 6.07) is 8.42. The van der Waals surface area contributed by atoms with Gasteiger partial charge in [0.25, 0.3) is 5.91 Å². The number of nitrogens with two attached hydrogens (primary N) is 2. The second kappa shape index (κ2) is 5.61. The minimum absolute atomic E-state index is 0.231. The van der Waals surface area contributed by atoms with Gasteiger partial charge >= 0.3 is 0 Å². The minimum Gasteiger partial charge on any atom is -0.399 e. The largest absolute Gasteiger partial charge is 0.399 e. The lowest BCUT2D eigenvalue weighted by Gasteiger charge is -2.15. The second-order valence-corrected chi connectivity index (χ2v) is 5.22. The molecule has 1 amide bonds. The molecule has 0 aliphatic rings. The molecule has 0 aliphatic carbocycles. The first-order valence-corrected chi connectivity index (χ1v) is 6.56. The van der Waals surface area contributed by atoms with Crippen LogP contribution in [-0.2, 0) is 0 Å². The van der Waals surface area contributed by atoms with Crippen LogP contribution in [0.3, 0.4) is 0 Å². The lowest BCUT2D eigenvalue weighted by atomic mass is 10.1. The zero-order valence-electron chi connectivity index (χ0n) is 10.7. The molecule has 2 rings (SSSR count). The summed E-state index contributed by atoms with van der Waals surface area (Å²) >= 11 is 12.1. The Morgan fingerprint density at radius 2 is 1.90 bits per heavy atom. The highest BCUT2D eigenvalue weighted by Crippen LogP contribution is 2.33. The van der Waals surface area contributed by atoms with Gasteiger partial charge in [0.1, 0.15) is 0 Å². The van der Waals surface area contributed by atoms with Crippen molar-refractivity contribution >= 4 is 46.2 Å². The van der Waals surface area contributed by atoms with Crippen LogP contribution in [0.25, 0.3) is 0 Å². The fourth-order valence-electron chi connectivity index (χ4n) is 1.81. The summed E-state index contributed by atoms with van der Waals surface area (Å²) in [5, 5.41) is 3.98. The van der Waals surface area contributed by atoms with Crippen molar-refractivity contribution in [2.24, 2.45) is 5.73 Å². The van der Waals surface area contributed by atoms with E-state index in [9.17, 15) is 4.79 Å². The summed E-state index contributed by atoms with van der Waals surface area (Å²) in [5.74, 6) is -0.610. The van der Waals surface area contributed by atoms with E-state index in [0.29, 0.717) is 21.4 Å². The van der Waals surface area contributed by atoms with Gasteiger partial charge in [0, 0.05) is 16.4 Å². The molecule has 0 unspecified atom stereocenters. The number of aryl methyl sites for hydroxylation is 1.